The molecule has 4 heteroatoms. The Labute approximate surface area is 62.1 Å². The predicted octanol–water partition coefficient (Wildman–Crippen LogP) is -1.80. The standard InChI is InChI=1S/C5H9NO2Se/c7-5(8)4-2-1-3-6(4)9/h4,6H,1-3H2,(H,7,8)/t4-/m0/s1. The number of quaternary nitrogens is 1. The first-order valence-electron chi connectivity index (χ1n) is 2.97. The Morgan fingerprint density at radius 2 is 2.44 bits per heavy atom. The molecule has 1 heterocycles. The Bertz CT molecular complexity index is 128. The van der Waals surface area contributed by atoms with E-state index in [0.717, 1.165) is 23.3 Å². The van der Waals surface area contributed by atoms with Crippen molar-refractivity contribution in [3.63, 3.8) is 0 Å². The van der Waals surface area contributed by atoms with Crippen molar-refractivity contribution in [1.29, 1.82) is 0 Å². The first-order valence-corrected chi connectivity index (χ1v) is 3.83. The molecule has 0 spiro atoms. The normalized spacial score (nSPS) is 34.8. The van der Waals surface area contributed by atoms with E-state index in [1.165, 1.54) is 0 Å². The molecule has 3 nitrogen and oxygen atoms in total. The average molecular weight is 194 g/mol. The van der Waals surface area contributed by atoms with Gasteiger partial charge < -0.3 is 0 Å². The third kappa shape index (κ3) is 1.45. The van der Waals surface area contributed by atoms with Gasteiger partial charge in [0.15, 0.2) is 0 Å². The zero-order valence-corrected chi connectivity index (χ0v) is 6.68. The molecule has 1 unspecified atom stereocenters. The van der Waals surface area contributed by atoms with Crippen LogP contribution in [0, 0.1) is 0 Å². The topological polar surface area (TPSA) is 41.7 Å². The number of carbonyl (C=O) groups is 1. The van der Waals surface area contributed by atoms with Crippen LogP contribution < -0.4 is 3.92 Å². The Hall–Kier alpha value is -0.0505. The second-order valence-corrected chi connectivity index (χ2v) is 3.35. The van der Waals surface area contributed by atoms with E-state index in [4.69, 9.17) is 5.11 Å². The van der Waals surface area contributed by atoms with E-state index in [9.17, 15) is 4.79 Å². The summed E-state index contributed by atoms with van der Waals surface area (Å²) in [5.41, 5.74) is 0. The van der Waals surface area contributed by atoms with Crippen LogP contribution in [0.4, 0.5) is 0 Å². The third-order valence-electron chi connectivity index (χ3n) is 1.60. The molecule has 2 atom stereocenters. The number of carboxylic acids is 1. The van der Waals surface area contributed by atoms with Crippen molar-refractivity contribution in [2.45, 2.75) is 18.9 Å². The quantitative estimate of drug-likeness (QED) is 0.484. The molecule has 1 rings (SSSR count). The molecule has 1 aliphatic heterocycles. The molecule has 1 saturated heterocycles. The van der Waals surface area contributed by atoms with E-state index in [0.29, 0.717) is 0 Å². The van der Waals surface area contributed by atoms with E-state index in [1.807, 2.05) is 0 Å². The molecule has 0 saturated carbocycles. The van der Waals surface area contributed by atoms with Gasteiger partial charge in [-0.05, 0) is 0 Å². The summed E-state index contributed by atoms with van der Waals surface area (Å²) in [6.07, 6.45) is 1.84. The van der Waals surface area contributed by atoms with Crippen LogP contribution in [0.15, 0.2) is 0 Å². The van der Waals surface area contributed by atoms with Crippen molar-refractivity contribution in [2.24, 2.45) is 0 Å². The molecule has 0 aromatic heterocycles. The number of nitrogens with one attached hydrogen (secondary N) is 1. The van der Waals surface area contributed by atoms with Crippen molar-refractivity contribution >= 4 is 22.2 Å². The predicted molar refractivity (Wildman–Crippen MR) is 32.2 cm³/mol. The van der Waals surface area contributed by atoms with Gasteiger partial charge in [-0.15, -0.1) is 0 Å². The number of carboxylic acid groups (broad SMARTS) is 1. The molecular weight excluding hydrogens is 185 g/mol. The SMILES string of the molecule is O=C(O)[C@@H]1CCC[NH+]1[Se-]. The summed E-state index contributed by atoms with van der Waals surface area (Å²) in [6, 6.07) is -0.190. The molecule has 0 aliphatic carbocycles. The summed E-state index contributed by atoms with van der Waals surface area (Å²) < 4.78 is 1.02. The third-order valence-corrected chi connectivity index (χ3v) is 2.63. The summed E-state index contributed by atoms with van der Waals surface area (Å²) in [5, 5.41) is 8.54. The van der Waals surface area contributed by atoms with Gasteiger partial charge in [0.2, 0.25) is 0 Å². The summed E-state index contributed by atoms with van der Waals surface area (Å²) >= 11 is 2.81. The van der Waals surface area contributed by atoms with Crippen molar-refractivity contribution in [3.8, 4) is 0 Å². The fourth-order valence-corrected chi connectivity index (χ4v) is 1.84. The molecule has 0 aromatic carbocycles. The van der Waals surface area contributed by atoms with E-state index in [1.54, 1.807) is 0 Å². The van der Waals surface area contributed by atoms with Gasteiger partial charge in [0.05, 0.1) is 0 Å². The molecule has 1 aliphatic rings. The monoisotopic (exact) mass is 195 g/mol. The summed E-state index contributed by atoms with van der Waals surface area (Å²) in [6.45, 7) is 0.955. The van der Waals surface area contributed by atoms with Crippen LogP contribution in [0.25, 0.3) is 0 Å². The number of aliphatic carboxylic acids is 1. The van der Waals surface area contributed by atoms with Gasteiger partial charge in [0, 0.05) is 0 Å². The minimum absolute atomic E-state index is 0.190. The van der Waals surface area contributed by atoms with Gasteiger partial charge in [0.25, 0.3) is 0 Å². The zero-order chi connectivity index (χ0) is 6.85. The van der Waals surface area contributed by atoms with Gasteiger partial charge >= 0.3 is 61.4 Å². The molecular formula is C5H9NO2Se. The Morgan fingerprint density at radius 3 is 2.67 bits per heavy atom. The fourth-order valence-electron chi connectivity index (χ4n) is 1.08. The summed E-state index contributed by atoms with van der Waals surface area (Å²) in [4.78, 5) is 10.4. The van der Waals surface area contributed by atoms with Crippen LogP contribution in [0.3, 0.4) is 0 Å². The van der Waals surface area contributed by atoms with Crippen LogP contribution in [-0.2, 0) is 4.79 Å². The fraction of sp³-hybridized carbons (Fsp3) is 0.800. The molecule has 9 heavy (non-hydrogen) atoms. The van der Waals surface area contributed by atoms with E-state index in [-0.39, 0.29) is 6.04 Å². The maximum absolute atomic E-state index is 10.4. The summed E-state index contributed by atoms with van der Waals surface area (Å²) in [7, 11) is 0. The Morgan fingerprint density at radius 1 is 1.78 bits per heavy atom. The Kier molecular flexibility index (Phi) is 2.11. The second-order valence-electron chi connectivity index (χ2n) is 2.25. The van der Waals surface area contributed by atoms with Gasteiger partial charge in [0.1, 0.15) is 0 Å². The van der Waals surface area contributed by atoms with Crippen LogP contribution in [-0.4, -0.2) is 39.9 Å². The van der Waals surface area contributed by atoms with Crippen LogP contribution >= 0.6 is 0 Å². The first kappa shape index (κ1) is 7.06. The number of hydrogen-bond acceptors (Lipinski definition) is 1. The first-order chi connectivity index (χ1) is 4.22. The molecule has 0 bridgehead atoms. The second kappa shape index (κ2) is 2.69. The van der Waals surface area contributed by atoms with E-state index < -0.39 is 5.97 Å². The molecule has 0 aromatic rings. The van der Waals surface area contributed by atoms with Crippen molar-refractivity contribution in [1.82, 2.24) is 0 Å². The van der Waals surface area contributed by atoms with Crippen LogP contribution in [0.5, 0.6) is 0 Å². The van der Waals surface area contributed by atoms with Crippen molar-refractivity contribution < 1.29 is 13.8 Å². The molecule has 0 amide bonds. The average Bonchev–Trinajstić information content (AvgIpc) is 2.13. The number of rotatable bonds is 1. The Balaban J connectivity index is 2.49. The van der Waals surface area contributed by atoms with E-state index >= 15 is 0 Å². The maximum atomic E-state index is 10.4. The number of hydrogen-bond donors (Lipinski definition) is 2. The van der Waals surface area contributed by atoms with Crippen molar-refractivity contribution in [2.75, 3.05) is 6.54 Å². The molecule has 52 valence electrons. The molecule has 0 radical (unpaired) electrons. The van der Waals surface area contributed by atoms with Gasteiger partial charge in [-0.1, -0.05) is 0 Å². The van der Waals surface area contributed by atoms with E-state index in [2.05, 4.69) is 16.2 Å². The van der Waals surface area contributed by atoms with Gasteiger partial charge in [-0.25, -0.2) is 0 Å². The molecule has 2 N–H and O–H groups in total. The van der Waals surface area contributed by atoms with Crippen molar-refractivity contribution in [3.05, 3.63) is 0 Å². The van der Waals surface area contributed by atoms with Gasteiger partial charge in [-0.2, -0.15) is 0 Å². The van der Waals surface area contributed by atoms with Crippen LogP contribution in [0.2, 0.25) is 0 Å². The molecule has 1 fully saturated rings. The summed E-state index contributed by atoms with van der Waals surface area (Å²) in [5.74, 6) is -0.679. The zero-order valence-electron chi connectivity index (χ0n) is 4.96. The minimum atomic E-state index is -0.679. The van der Waals surface area contributed by atoms with Crippen LogP contribution in [0.1, 0.15) is 12.8 Å². The van der Waals surface area contributed by atoms with Gasteiger partial charge in [-0.3, -0.25) is 0 Å².